The van der Waals surface area contributed by atoms with Crippen molar-refractivity contribution in [3.05, 3.63) is 29.3 Å². The van der Waals surface area contributed by atoms with E-state index < -0.39 is 24.2 Å². The van der Waals surface area contributed by atoms with Crippen molar-refractivity contribution >= 4 is 17.5 Å². The minimum atomic E-state index is -4.49. The molecule has 2 rings (SSSR count). The van der Waals surface area contributed by atoms with Crippen molar-refractivity contribution < 1.29 is 27.5 Å². The number of carbonyl (C=O) groups is 2. The van der Waals surface area contributed by atoms with Crippen LogP contribution in [0.4, 0.5) is 18.9 Å². The highest BCUT2D eigenvalue weighted by molar-refractivity contribution is 6.00. The molecule has 0 unspecified atom stereocenters. The van der Waals surface area contributed by atoms with Crippen LogP contribution >= 0.6 is 0 Å². The minimum Gasteiger partial charge on any atom is -0.368 e. The van der Waals surface area contributed by atoms with Crippen LogP contribution < -0.4 is 16.0 Å². The number of hydrogen-bond acceptors (Lipinski definition) is 4. The number of hydrogen-bond donors (Lipinski definition) is 3. The molecule has 9 heteroatoms. The smallest absolute Gasteiger partial charge is 0.368 e. The van der Waals surface area contributed by atoms with E-state index in [0.29, 0.717) is 37.2 Å². The van der Waals surface area contributed by atoms with Crippen molar-refractivity contribution in [2.24, 2.45) is 0 Å². The van der Waals surface area contributed by atoms with Crippen LogP contribution in [0.1, 0.15) is 28.8 Å². The lowest BCUT2D eigenvalue weighted by Crippen LogP contribution is -2.51. The van der Waals surface area contributed by atoms with Gasteiger partial charge in [-0.3, -0.25) is 9.59 Å². The number of halogens is 3. The lowest BCUT2D eigenvalue weighted by molar-refractivity contribution is -0.140. The molecular formula is C17H22F3N3O3. The fraction of sp³-hybridized carbons (Fsp3) is 0.529. The third kappa shape index (κ3) is 4.95. The number of benzene rings is 1. The molecule has 26 heavy (non-hydrogen) atoms. The average molecular weight is 373 g/mol. The maximum atomic E-state index is 12.7. The monoisotopic (exact) mass is 373 g/mol. The summed E-state index contributed by atoms with van der Waals surface area (Å²) in [5.41, 5.74) is 0.120. The average Bonchev–Trinajstić information content (AvgIpc) is 2.61. The lowest BCUT2D eigenvalue weighted by atomic mass is 9.91. The SMILES string of the molecule is COC1(C(=O)Nc2cc(C(=O)NCC(F)(F)F)ccc2C)CCNCC1. The molecule has 6 nitrogen and oxygen atoms in total. The van der Waals surface area contributed by atoms with Gasteiger partial charge in [0.1, 0.15) is 12.1 Å². The van der Waals surface area contributed by atoms with E-state index in [1.165, 1.54) is 19.2 Å². The Morgan fingerprint density at radius 3 is 2.50 bits per heavy atom. The fourth-order valence-corrected chi connectivity index (χ4v) is 2.77. The van der Waals surface area contributed by atoms with Crippen LogP contribution in [-0.2, 0) is 9.53 Å². The highest BCUT2D eigenvalue weighted by Crippen LogP contribution is 2.26. The Morgan fingerprint density at radius 2 is 1.92 bits per heavy atom. The van der Waals surface area contributed by atoms with E-state index in [0.717, 1.165) is 0 Å². The molecule has 1 aliphatic rings. The summed E-state index contributed by atoms with van der Waals surface area (Å²) < 4.78 is 42.2. The highest BCUT2D eigenvalue weighted by Gasteiger charge is 2.39. The molecule has 144 valence electrons. The Hall–Kier alpha value is -2.13. The van der Waals surface area contributed by atoms with E-state index >= 15 is 0 Å². The summed E-state index contributed by atoms with van der Waals surface area (Å²) in [6.45, 7) is 1.59. The Labute approximate surface area is 149 Å². The maximum absolute atomic E-state index is 12.7. The van der Waals surface area contributed by atoms with Crippen LogP contribution in [0.5, 0.6) is 0 Å². The largest absolute Gasteiger partial charge is 0.405 e. The van der Waals surface area contributed by atoms with E-state index in [1.54, 1.807) is 13.0 Å². The summed E-state index contributed by atoms with van der Waals surface area (Å²) in [5.74, 6) is -1.20. The number of alkyl halides is 3. The van der Waals surface area contributed by atoms with Crippen LogP contribution in [0.15, 0.2) is 18.2 Å². The topological polar surface area (TPSA) is 79.5 Å². The first-order valence-corrected chi connectivity index (χ1v) is 8.20. The third-order valence-corrected chi connectivity index (χ3v) is 4.41. The van der Waals surface area contributed by atoms with Crippen LogP contribution in [0.2, 0.25) is 0 Å². The van der Waals surface area contributed by atoms with Crippen molar-refractivity contribution in [3.63, 3.8) is 0 Å². The summed E-state index contributed by atoms with van der Waals surface area (Å²) in [6, 6.07) is 4.34. The van der Waals surface area contributed by atoms with Gasteiger partial charge in [-0.25, -0.2) is 0 Å². The number of anilines is 1. The zero-order valence-corrected chi connectivity index (χ0v) is 14.6. The van der Waals surface area contributed by atoms with E-state index in [4.69, 9.17) is 4.74 Å². The Balaban J connectivity index is 2.14. The Bertz CT molecular complexity index is 671. The van der Waals surface area contributed by atoms with Crippen molar-refractivity contribution in [2.45, 2.75) is 31.5 Å². The molecule has 2 amide bonds. The number of aryl methyl sites for hydroxylation is 1. The number of carbonyl (C=O) groups excluding carboxylic acids is 2. The van der Waals surface area contributed by atoms with Gasteiger partial charge in [-0.05, 0) is 50.6 Å². The molecule has 1 fully saturated rings. The van der Waals surface area contributed by atoms with E-state index in [1.807, 2.05) is 5.32 Å². The first kappa shape index (κ1) is 20.2. The number of ether oxygens (including phenoxy) is 1. The molecule has 1 heterocycles. The van der Waals surface area contributed by atoms with Gasteiger partial charge >= 0.3 is 6.18 Å². The summed E-state index contributed by atoms with van der Waals surface area (Å²) in [4.78, 5) is 24.6. The maximum Gasteiger partial charge on any atom is 0.405 e. The second-order valence-electron chi connectivity index (χ2n) is 6.23. The van der Waals surface area contributed by atoms with Crippen molar-refractivity contribution in [3.8, 4) is 0 Å². The van der Waals surface area contributed by atoms with Gasteiger partial charge < -0.3 is 20.7 Å². The fourth-order valence-electron chi connectivity index (χ4n) is 2.77. The van der Waals surface area contributed by atoms with Crippen molar-refractivity contribution in [2.75, 3.05) is 32.1 Å². The first-order chi connectivity index (χ1) is 12.2. The van der Waals surface area contributed by atoms with Gasteiger partial charge in [-0.15, -0.1) is 0 Å². The van der Waals surface area contributed by atoms with Crippen molar-refractivity contribution in [1.82, 2.24) is 10.6 Å². The molecule has 3 N–H and O–H groups in total. The number of amides is 2. The predicted octanol–water partition coefficient (Wildman–Crippen LogP) is 1.99. The van der Waals surface area contributed by atoms with Crippen LogP contribution in [0.25, 0.3) is 0 Å². The number of nitrogens with one attached hydrogen (secondary N) is 3. The van der Waals surface area contributed by atoms with Crippen LogP contribution in [-0.4, -0.2) is 50.3 Å². The molecule has 0 aliphatic carbocycles. The third-order valence-electron chi connectivity index (χ3n) is 4.41. The van der Waals surface area contributed by atoms with Gasteiger partial charge in [0, 0.05) is 18.4 Å². The minimum absolute atomic E-state index is 0.0342. The van der Waals surface area contributed by atoms with Gasteiger partial charge in [0.2, 0.25) is 0 Å². The first-order valence-electron chi connectivity index (χ1n) is 8.20. The van der Waals surface area contributed by atoms with Crippen molar-refractivity contribution in [1.29, 1.82) is 0 Å². The normalized spacial score (nSPS) is 16.8. The predicted molar refractivity (Wildman–Crippen MR) is 90.0 cm³/mol. The molecule has 1 aromatic rings. The molecule has 0 bridgehead atoms. The quantitative estimate of drug-likeness (QED) is 0.738. The summed E-state index contributed by atoms with van der Waals surface area (Å²) >= 11 is 0. The molecule has 1 aliphatic heterocycles. The lowest BCUT2D eigenvalue weighted by Gasteiger charge is -2.34. The molecule has 0 saturated carbocycles. The molecule has 0 spiro atoms. The molecule has 1 saturated heterocycles. The van der Waals surface area contributed by atoms with Gasteiger partial charge in [0.15, 0.2) is 0 Å². The Morgan fingerprint density at radius 1 is 1.27 bits per heavy atom. The van der Waals surface area contributed by atoms with E-state index in [9.17, 15) is 22.8 Å². The zero-order valence-electron chi connectivity index (χ0n) is 14.6. The summed E-state index contributed by atoms with van der Waals surface area (Å²) in [7, 11) is 1.47. The van der Waals surface area contributed by atoms with E-state index in [2.05, 4.69) is 10.6 Å². The second-order valence-corrected chi connectivity index (χ2v) is 6.23. The summed E-state index contributed by atoms with van der Waals surface area (Å²) in [6.07, 6.45) is -3.49. The van der Waals surface area contributed by atoms with Gasteiger partial charge in [-0.2, -0.15) is 13.2 Å². The molecule has 0 radical (unpaired) electrons. The van der Waals surface area contributed by atoms with Crippen LogP contribution in [0.3, 0.4) is 0 Å². The highest BCUT2D eigenvalue weighted by atomic mass is 19.4. The van der Waals surface area contributed by atoms with Crippen LogP contribution in [0, 0.1) is 6.92 Å². The molecule has 0 aromatic heterocycles. The summed E-state index contributed by atoms with van der Waals surface area (Å²) in [5, 5.41) is 7.71. The Kier molecular flexibility index (Phi) is 6.25. The number of piperidine rings is 1. The zero-order chi connectivity index (χ0) is 19.4. The second kappa shape index (κ2) is 8.05. The van der Waals surface area contributed by atoms with E-state index in [-0.39, 0.29) is 11.5 Å². The standard InChI is InChI=1S/C17H22F3N3O3/c1-11-3-4-12(14(24)22-10-17(18,19)20)9-13(11)23-15(25)16(26-2)5-7-21-8-6-16/h3-4,9,21H,5-8,10H2,1-2H3,(H,22,24)(H,23,25). The van der Waals surface area contributed by atoms with Gasteiger partial charge in [0.25, 0.3) is 11.8 Å². The number of rotatable bonds is 5. The van der Waals surface area contributed by atoms with Gasteiger partial charge in [-0.1, -0.05) is 6.07 Å². The molecular weight excluding hydrogens is 351 g/mol. The molecule has 1 aromatic carbocycles. The molecule has 0 atom stereocenters. The number of methoxy groups -OCH3 is 1. The van der Waals surface area contributed by atoms with Gasteiger partial charge in [0.05, 0.1) is 0 Å².